The van der Waals surface area contributed by atoms with E-state index >= 15 is 0 Å². The van der Waals surface area contributed by atoms with Gasteiger partial charge in [-0.2, -0.15) is 0 Å². The molecule has 4 heteroatoms. The smallest absolute Gasteiger partial charge is 0.187 e. The van der Waals surface area contributed by atoms with Crippen LogP contribution < -0.4 is 6.15 Å². The Kier molecular flexibility index (Phi) is 611. The lowest BCUT2D eigenvalue weighted by atomic mass is 14.0. The van der Waals surface area contributed by atoms with E-state index < -0.39 is 0 Å². The maximum atomic E-state index is 0. The molecular formula is H8AlCl2N. The molecule has 30 valence electrons. The van der Waals surface area contributed by atoms with Crippen molar-refractivity contribution in [2.75, 3.05) is 0 Å². The molecule has 0 saturated carbocycles. The molecule has 0 aromatic carbocycles. The molecule has 0 aliphatic heterocycles. The Morgan fingerprint density at radius 3 is 0.750 bits per heavy atom. The fraction of sp³-hybridized carbons (Fsp3) is 0. The summed E-state index contributed by atoms with van der Waals surface area (Å²) in [6, 6.07) is 0. The quantitative estimate of drug-likeness (QED) is 0.442. The number of hydrogen-bond donors (Lipinski definition) is 1. The third kappa shape index (κ3) is 11.5. The second-order valence-electron chi connectivity index (χ2n) is 0. The number of hydrogen-bond acceptors (Lipinski definition) is 1. The van der Waals surface area contributed by atoms with Gasteiger partial charge in [0.05, 0.1) is 0 Å². The van der Waals surface area contributed by atoms with Crippen LogP contribution >= 0.6 is 24.8 Å². The van der Waals surface area contributed by atoms with Gasteiger partial charge in [-0.05, 0) is 0 Å². The van der Waals surface area contributed by atoms with E-state index in [-0.39, 0.29) is 48.3 Å². The third-order valence-electron chi connectivity index (χ3n) is 0. The van der Waals surface area contributed by atoms with Crippen LogP contribution in [0.2, 0.25) is 0 Å². The lowest BCUT2D eigenvalue weighted by molar-refractivity contribution is 2.13. The summed E-state index contributed by atoms with van der Waals surface area (Å²) in [6.45, 7) is 0. The summed E-state index contributed by atoms with van der Waals surface area (Å²) in [5.74, 6) is 0. The molecule has 0 fully saturated rings. The summed E-state index contributed by atoms with van der Waals surface area (Å²) in [5, 5.41) is 0. The molecule has 0 spiro atoms. The Morgan fingerprint density at radius 2 is 0.750 bits per heavy atom. The van der Waals surface area contributed by atoms with Crippen LogP contribution in [0.25, 0.3) is 0 Å². The van der Waals surface area contributed by atoms with Gasteiger partial charge in [0.25, 0.3) is 0 Å². The van der Waals surface area contributed by atoms with Gasteiger partial charge in [0.2, 0.25) is 0 Å². The molecule has 0 atom stereocenters. The first-order chi connectivity index (χ1) is 0. The zero-order valence-corrected chi connectivity index (χ0v) is 3.16. The van der Waals surface area contributed by atoms with Crippen molar-refractivity contribution in [3.63, 3.8) is 0 Å². The summed E-state index contributed by atoms with van der Waals surface area (Å²) < 4.78 is 0. The Labute approximate surface area is 48.7 Å². The molecule has 3 N–H and O–H groups in total. The minimum absolute atomic E-state index is 0. The van der Waals surface area contributed by atoms with Gasteiger partial charge in [-0.15, -0.1) is 24.8 Å². The molecule has 0 aliphatic rings. The molecule has 4 heavy (non-hydrogen) atoms. The topological polar surface area (TPSA) is 35.0 Å². The Morgan fingerprint density at radius 1 is 0.750 bits per heavy atom. The van der Waals surface area contributed by atoms with Gasteiger partial charge in [-0.3, -0.25) is 0 Å². The van der Waals surface area contributed by atoms with Gasteiger partial charge in [-0.1, -0.05) is 0 Å². The zero-order chi connectivity index (χ0) is 0. The van der Waals surface area contributed by atoms with E-state index in [1.54, 1.807) is 0 Å². The maximum Gasteiger partial charge on any atom is 0.187 e. The van der Waals surface area contributed by atoms with Crippen molar-refractivity contribution >= 4 is 42.2 Å². The van der Waals surface area contributed by atoms with E-state index in [9.17, 15) is 0 Å². The molecule has 0 unspecified atom stereocenters. The predicted octanol–water partition coefficient (Wildman–Crippen LogP) is -0.178. The fourth-order valence-corrected chi connectivity index (χ4v) is 0. The van der Waals surface area contributed by atoms with Crippen molar-refractivity contribution in [2.45, 2.75) is 0 Å². The first kappa shape index (κ1) is 73.1. The molecule has 0 aromatic heterocycles. The molecule has 0 aliphatic carbocycles. The number of halogens is 2. The highest BCUT2D eigenvalue weighted by atomic mass is 35.5. The van der Waals surface area contributed by atoms with Crippen LogP contribution in [-0.2, 0) is 0 Å². The summed E-state index contributed by atoms with van der Waals surface area (Å²) >= 11 is 0. The van der Waals surface area contributed by atoms with Gasteiger partial charge in [0, 0.05) is 0 Å². The second kappa shape index (κ2) is 33.4. The average Bonchev–Trinajstić information content (AvgIpc) is 0. The maximum absolute atomic E-state index is 0. The van der Waals surface area contributed by atoms with Crippen molar-refractivity contribution in [2.24, 2.45) is 0 Å². The van der Waals surface area contributed by atoms with E-state index in [0.29, 0.717) is 0 Å². The second-order valence-corrected chi connectivity index (χ2v) is 0. The van der Waals surface area contributed by atoms with E-state index in [4.69, 9.17) is 0 Å². The van der Waals surface area contributed by atoms with Gasteiger partial charge in [0.15, 0.2) is 17.4 Å². The minimum atomic E-state index is 0. The molecule has 0 radical (unpaired) electrons. The Hall–Kier alpha value is 1.07. The first-order valence-electron chi connectivity index (χ1n) is 0. The van der Waals surface area contributed by atoms with E-state index in [2.05, 4.69) is 0 Å². The summed E-state index contributed by atoms with van der Waals surface area (Å²) in [6.07, 6.45) is 0. The Bertz CT molecular complexity index is 6.00. The summed E-state index contributed by atoms with van der Waals surface area (Å²) in [4.78, 5) is 0. The van der Waals surface area contributed by atoms with Gasteiger partial charge in [-0.25, -0.2) is 0 Å². The first-order valence-corrected chi connectivity index (χ1v) is 0. The van der Waals surface area contributed by atoms with E-state index in [0.717, 1.165) is 0 Å². The van der Waals surface area contributed by atoms with Crippen molar-refractivity contribution in [3.05, 3.63) is 0 Å². The molecule has 1 nitrogen and oxygen atoms in total. The van der Waals surface area contributed by atoms with Crippen LogP contribution in [0.5, 0.6) is 0 Å². The molecule has 0 amide bonds. The van der Waals surface area contributed by atoms with Crippen LogP contribution in [0.1, 0.15) is 0 Å². The van der Waals surface area contributed by atoms with Crippen LogP contribution in [0.4, 0.5) is 0 Å². The highest BCUT2D eigenvalue weighted by Gasteiger charge is 0.187. The minimum Gasteiger partial charge on any atom is -0.344 e. The van der Waals surface area contributed by atoms with Crippen molar-refractivity contribution in [3.8, 4) is 0 Å². The largest absolute Gasteiger partial charge is 0.344 e. The normalized spacial score (nSPS) is 0. The third-order valence-corrected chi connectivity index (χ3v) is 0. The van der Waals surface area contributed by atoms with E-state index in [1.165, 1.54) is 0 Å². The highest BCUT2D eigenvalue weighted by Crippen LogP contribution is 0.691. The van der Waals surface area contributed by atoms with Crippen LogP contribution in [-0.4, -0.2) is 17.4 Å². The van der Waals surface area contributed by atoms with Crippen LogP contribution in [0.3, 0.4) is 0 Å². The van der Waals surface area contributed by atoms with E-state index in [1.807, 2.05) is 0 Å². The lowest BCUT2D eigenvalue weighted by Gasteiger charge is -0.344. The lowest BCUT2D eigenvalue weighted by Crippen LogP contribution is -0.481. The molecule has 0 heterocycles. The molecule has 0 bridgehead atoms. The fourth-order valence-electron chi connectivity index (χ4n) is 0. The average molecular weight is 120 g/mol. The number of rotatable bonds is 0. The van der Waals surface area contributed by atoms with Gasteiger partial charge < -0.3 is 6.15 Å². The standard InChI is InChI=1S/Al.2ClH.H3N.3H/h;2*1H;1H3;;;. The monoisotopic (exact) mass is 119 g/mol. The highest BCUT2D eigenvalue weighted by molar-refractivity contribution is 5.85. The predicted molar refractivity (Wildman–Crippen MR) is 29.5 cm³/mol. The molecule has 0 saturated heterocycles. The Balaban J connectivity index is 0. The van der Waals surface area contributed by atoms with Gasteiger partial charge >= 0.3 is 0 Å². The van der Waals surface area contributed by atoms with Gasteiger partial charge in [0.1, 0.15) is 0 Å². The zero-order valence-electron chi connectivity index (χ0n) is 1.52. The van der Waals surface area contributed by atoms with Crippen LogP contribution in [0, 0.1) is 0 Å². The summed E-state index contributed by atoms with van der Waals surface area (Å²) in [7, 11) is 0. The molecular weight excluding hydrogens is 112 g/mol. The SMILES string of the molecule is Cl.Cl.N.[AlH3]. The van der Waals surface area contributed by atoms with Crippen molar-refractivity contribution < 1.29 is 0 Å². The van der Waals surface area contributed by atoms with Crippen LogP contribution in [0.15, 0.2) is 0 Å². The van der Waals surface area contributed by atoms with Crippen molar-refractivity contribution in [1.29, 1.82) is 0 Å². The van der Waals surface area contributed by atoms with Crippen molar-refractivity contribution in [1.82, 2.24) is 6.15 Å². The molecule has 0 aromatic rings. The molecule has 0 rings (SSSR count). The summed E-state index contributed by atoms with van der Waals surface area (Å²) in [5.41, 5.74) is 0.